The van der Waals surface area contributed by atoms with E-state index in [-0.39, 0.29) is 4.90 Å². The van der Waals surface area contributed by atoms with Gasteiger partial charge in [0.05, 0.1) is 17.7 Å². The fourth-order valence-corrected chi connectivity index (χ4v) is 5.20. The average Bonchev–Trinajstić information content (AvgIpc) is 2.71. The predicted octanol–water partition coefficient (Wildman–Crippen LogP) is 3.76. The lowest BCUT2D eigenvalue weighted by Gasteiger charge is -2.35. The third kappa shape index (κ3) is 4.45. The van der Waals surface area contributed by atoms with E-state index in [0.29, 0.717) is 55.4 Å². The van der Waals surface area contributed by atoms with Crippen LogP contribution in [0.1, 0.15) is 13.8 Å². The summed E-state index contributed by atoms with van der Waals surface area (Å²) in [5.74, 6) is 0.829. The summed E-state index contributed by atoms with van der Waals surface area (Å²) < 4.78 is 40.1. The topological polar surface area (TPSA) is 59.1 Å². The summed E-state index contributed by atoms with van der Waals surface area (Å²) in [6, 6.07) is 13.3. The summed E-state index contributed by atoms with van der Waals surface area (Å²) in [5, 5.41) is 0. The van der Waals surface area contributed by atoms with Gasteiger partial charge in [-0.05, 0) is 48.0 Å². The van der Waals surface area contributed by atoms with Crippen LogP contribution in [0.3, 0.4) is 0 Å². The van der Waals surface area contributed by atoms with Gasteiger partial charge in [0, 0.05) is 37.9 Å². The molecule has 0 N–H and O–H groups in total. The average molecular weight is 469 g/mol. The number of piperazine rings is 1. The number of ether oxygens (including phenoxy) is 2. The summed E-state index contributed by atoms with van der Waals surface area (Å²) >= 11 is 3.43. The number of benzene rings is 2. The normalized spacial score (nSPS) is 15.5. The number of halogens is 1. The van der Waals surface area contributed by atoms with Gasteiger partial charge in [0.15, 0.2) is 0 Å². The van der Waals surface area contributed by atoms with Crippen molar-refractivity contribution in [2.45, 2.75) is 18.7 Å². The van der Waals surface area contributed by atoms with E-state index in [4.69, 9.17) is 9.47 Å². The first-order valence-corrected chi connectivity index (χ1v) is 11.6. The minimum absolute atomic E-state index is 0.147. The van der Waals surface area contributed by atoms with Crippen molar-refractivity contribution in [2.75, 3.05) is 44.3 Å². The van der Waals surface area contributed by atoms with Crippen molar-refractivity contribution in [2.24, 2.45) is 0 Å². The number of para-hydroxylation sites is 1. The SMILES string of the molecule is CCOc1cc(S(=O)(=O)N2CCN(c3ccccc3)CC2)c(OCC)cc1Br. The highest BCUT2D eigenvalue weighted by Crippen LogP contribution is 2.37. The molecule has 0 radical (unpaired) electrons. The van der Waals surface area contributed by atoms with Crippen LogP contribution in [-0.4, -0.2) is 52.1 Å². The standard InChI is InChI=1S/C20H25BrN2O4S/c1-3-26-18-15-20(19(27-4-2)14-17(18)21)28(24,25)23-12-10-22(11-13-23)16-8-6-5-7-9-16/h5-9,14-15H,3-4,10-13H2,1-2H3. The number of hydrogen-bond donors (Lipinski definition) is 0. The molecular formula is C20H25BrN2O4S. The van der Waals surface area contributed by atoms with Gasteiger partial charge in [0.1, 0.15) is 16.4 Å². The Morgan fingerprint density at radius 2 is 1.54 bits per heavy atom. The third-order valence-corrected chi connectivity index (χ3v) is 7.12. The molecule has 1 aliphatic heterocycles. The lowest BCUT2D eigenvalue weighted by atomic mass is 10.2. The maximum absolute atomic E-state index is 13.4. The van der Waals surface area contributed by atoms with Gasteiger partial charge in [-0.3, -0.25) is 0 Å². The Bertz CT molecular complexity index is 898. The van der Waals surface area contributed by atoms with E-state index in [1.807, 2.05) is 44.2 Å². The largest absolute Gasteiger partial charge is 0.493 e. The summed E-state index contributed by atoms with van der Waals surface area (Å²) in [6.45, 7) is 6.64. The van der Waals surface area contributed by atoms with Crippen LogP contribution in [0.15, 0.2) is 51.8 Å². The van der Waals surface area contributed by atoms with Gasteiger partial charge in [-0.1, -0.05) is 18.2 Å². The van der Waals surface area contributed by atoms with Gasteiger partial charge in [0.2, 0.25) is 10.0 Å². The molecular weight excluding hydrogens is 444 g/mol. The summed E-state index contributed by atoms with van der Waals surface area (Å²) in [4.78, 5) is 2.34. The van der Waals surface area contributed by atoms with E-state index in [1.54, 1.807) is 12.1 Å². The van der Waals surface area contributed by atoms with Crippen LogP contribution in [0, 0.1) is 0 Å². The second-order valence-corrected chi connectivity index (χ2v) is 9.08. The maximum Gasteiger partial charge on any atom is 0.247 e. The van der Waals surface area contributed by atoms with Gasteiger partial charge in [-0.15, -0.1) is 0 Å². The van der Waals surface area contributed by atoms with Crippen LogP contribution in [0.4, 0.5) is 5.69 Å². The smallest absolute Gasteiger partial charge is 0.247 e. The summed E-state index contributed by atoms with van der Waals surface area (Å²) in [5.41, 5.74) is 1.11. The van der Waals surface area contributed by atoms with Crippen LogP contribution in [-0.2, 0) is 10.0 Å². The molecule has 0 unspecified atom stereocenters. The Balaban J connectivity index is 1.85. The molecule has 3 rings (SSSR count). The first-order chi connectivity index (χ1) is 13.5. The van der Waals surface area contributed by atoms with Crippen molar-refractivity contribution in [1.82, 2.24) is 4.31 Å². The fourth-order valence-electron chi connectivity index (χ4n) is 3.22. The Morgan fingerprint density at radius 1 is 0.929 bits per heavy atom. The lowest BCUT2D eigenvalue weighted by Crippen LogP contribution is -2.48. The molecule has 0 spiro atoms. The minimum atomic E-state index is -3.70. The first kappa shape index (κ1) is 21.0. The van der Waals surface area contributed by atoms with Crippen molar-refractivity contribution in [1.29, 1.82) is 0 Å². The van der Waals surface area contributed by atoms with E-state index in [1.165, 1.54) is 4.31 Å². The molecule has 8 heteroatoms. The number of nitrogens with zero attached hydrogens (tertiary/aromatic N) is 2. The molecule has 6 nitrogen and oxygen atoms in total. The molecule has 28 heavy (non-hydrogen) atoms. The molecule has 0 bridgehead atoms. The van der Waals surface area contributed by atoms with Crippen LogP contribution in [0.25, 0.3) is 0 Å². The van der Waals surface area contributed by atoms with Crippen molar-refractivity contribution >= 4 is 31.6 Å². The zero-order chi connectivity index (χ0) is 20.1. The van der Waals surface area contributed by atoms with Gasteiger partial charge in [0.25, 0.3) is 0 Å². The van der Waals surface area contributed by atoms with E-state index in [0.717, 1.165) is 5.69 Å². The monoisotopic (exact) mass is 468 g/mol. The first-order valence-electron chi connectivity index (χ1n) is 9.36. The third-order valence-electron chi connectivity index (χ3n) is 4.58. The Kier molecular flexibility index (Phi) is 6.85. The van der Waals surface area contributed by atoms with Gasteiger partial charge in [-0.2, -0.15) is 4.31 Å². The van der Waals surface area contributed by atoms with Crippen LogP contribution < -0.4 is 14.4 Å². The number of rotatable bonds is 7. The fraction of sp³-hybridized carbons (Fsp3) is 0.400. The molecule has 1 saturated heterocycles. The Morgan fingerprint density at radius 3 is 2.14 bits per heavy atom. The van der Waals surface area contributed by atoms with E-state index < -0.39 is 10.0 Å². The molecule has 1 heterocycles. The van der Waals surface area contributed by atoms with E-state index in [2.05, 4.69) is 20.8 Å². The van der Waals surface area contributed by atoms with E-state index in [9.17, 15) is 8.42 Å². The Labute approximate surface area is 175 Å². The molecule has 152 valence electrons. The number of sulfonamides is 1. The highest BCUT2D eigenvalue weighted by Gasteiger charge is 2.32. The predicted molar refractivity (Wildman–Crippen MR) is 114 cm³/mol. The second-order valence-electron chi connectivity index (χ2n) is 6.32. The van der Waals surface area contributed by atoms with Crippen molar-refractivity contribution in [3.05, 3.63) is 46.9 Å². The van der Waals surface area contributed by atoms with Gasteiger partial charge in [-0.25, -0.2) is 8.42 Å². The van der Waals surface area contributed by atoms with Gasteiger partial charge >= 0.3 is 0 Å². The summed E-state index contributed by atoms with van der Waals surface area (Å²) in [6.07, 6.45) is 0. The van der Waals surface area contributed by atoms with Crippen molar-refractivity contribution in [3.8, 4) is 11.5 Å². The zero-order valence-corrected chi connectivity index (χ0v) is 18.5. The summed E-state index contributed by atoms with van der Waals surface area (Å²) in [7, 11) is -3.70. The molecule has 0 amide bonds. The molecule has 0 saturated carbocycles. The molecule has 2 aromatic rings. The van der Waals surface area contributed by atoms with Crippen molar-refractivity contribution < 1.29 is 17.9 Å². The maximum atomic E-state index is 13.4. The second kappa shape index (κ2) is 9.15. The molecule has 1 fully saturated rings. The van der Waals surface area contributed by atoms with Crippen LogP contribution >= 0.6 is 15.9 Å². The molecule has 1 aliphatic rings. The Hall–Kier alpha value is -1.77. The highest BCUT2D eigenvalue weighted by atomic mass is 79.9. The zero-order valence-electron chi connectivity index (χ0n) is 16.1. The quantitative estimate of drug-likeness (QED) is 0.618. The molecule has 0 aromatic heterocycles. The number of hydrogen-bond acceptors (Lipinski definition) is 5. The molecule has 2 aromatic carbocycles. The molecule has 0 atom stereocenters. The minimum Gasteiger partial charge on any atom is -0.493 e. The highest BCUT2D eigenvalue weighted by molar-refractivity contribution is 9.10. The van der Waals surface area contributed by atoms with E-state index >= 15 is 0 Å². The number of anilines is 1. The van der Waals surface area contributed by atoms with Crippen LogP contribution in [0.2, 0.25) is 0 Å². The van der Waals surface area contributed by atoms with Crippen LogP contribution in [0.5, 0.6) is 11.5 Å². The lowest BCUT2D eigenvalue weighted by molar-refractivity contribution is 0.318. The van der Waals surface area contributed by atoms with Gasteiger partial charge < -0.3 is 14.4 Å². The molecule has 0 aliphatic carbocycles. The van der Waals surface area contributed by atoms with Crippen molar-refractivity contribution in [3.63, 3.8) is 0 Å².